The van der Waals surface area contributed by atoms with Crippen LogP contribution < -0.4 is 5.32 Å². The molecule has 2 nitrogen and oxygen atoms in total. The molecule has 2 rings (SSSR count). The van der Waals surface area contributed by atoms with E-state index in [1.807, 2.05) is 0 Å². The number of aliphatic imine (C=N–C) groups is 1. The highest BCUT2D eigenvalue weighted by Crippen LogP contribution is 2.18. The number of nitrogens with one attached hydrogen (secondary N) is 1. The molecule has 1 N–H and O–H groups in total. The van der Waals surface area contributed by atoms with Gasteiger partial charge in [-0.05, 0) is 25.7 Å². The molecule has 0 saturated heterocycles. The first-order chi connectivity index (χ1) is 7.95. The van der Waals surface area contributed by atoms with Gasteiger partial charge in [0.15, 0.2) is 0 Å². The van der Waals surface area contributed by atoms with Crippen LogP contribution in [0.3, 0.4) is 0 Å². The van der Waals surface area contributed by atoms with Crippen molar-refractivity contribution in [2.24, 2.45) is 4.99 Å². The molecule has 1 aliphatic carbocycles. The molecule has 0 aromatic rings. The van der Waals surface area contributed by atoms with E-state index in [0.29, 0.717) is 0 Å². The Morgan fingerprint density at radius 3 is 2.31 bits per heavy atom. The first kappa shape index (κ1) is 11.9. The predicted molar refractivity (Wildman–Crippen MR) is 70.0 cm³/mol. The number of hydrogen-bond acceptors (Lipinski definition) is 2. The Hall–Kier alpha value is -0.530. The summed E-state index contributed by atoms with van der Waals surface area (Å²) in [6, 6.07) is 0.720. The smallest absolute Gasteiger partial charge is 0.0965 e. The highest BCUT2D eigenvalue weighted by Gasteiger charge is 2.13. The maximum Gasteiger partial charge on any atom is 0.0965 e. The van der Waals surface area contributed by atoms with Crippen molar-refractivity contribution in [2.75, 3.05) is 6.54 Å². The van der Waals surface area contributed by atoms with Crippen molar-refractivity contribution in [1.82, 2.24) is 5.32 Å². The average molecular weight is 222 g/mol. The van der Waals surface area contributed by atoms with Crippen LogP contribution >= 0.6 is 0 Å². The Kier molecular flexibility index (Phi) is 5.17. The molecule has 2 heteroatoms. The molecule has 92 valence electrons. The zero-order valence-corrected chi connectivity index (χ0v) is 10.5. The quantitative estimate of drug-likeness (QED) is 0.719. The molecule has 1 heterocycles. The Labute approximate surface area is 99.9 Å². The van der Waals surface area contributed by atoms with Crippen LogP contribution in [-0.2, 0) is 0 Å². The summed E-state index contributed by atoms with van der Waals surface area (Å²) >= 11 is 0. The highest BCUT2D eigenvalue weighted by atomic mass is 15.0. The fourth-order valence-electron chi connectivity index (χ4n) is 2.83. The third-order valence-corrected chi connectivity index (χ3v) is 3.85. The molecular weight excluding hydrogens is 196 g/mol. The Morgan fingerprint density at radius 1 is 0.812 bits per heavy atom. The fourth-order valence-corrected chi connectivity index (χ4v) is 2.83. The van der Waals surface area contributed by atoms with Crippen LogP contribution in [0.25, 0.3) is 0 Å². The standard InChI is InChI=1S/C14H26N2/c1-2-5-9-13(10-6-3-1)16-14-11-7-4-8-12-15-14/h13H,1-12H2,(H,15,16). The second-order valence-corrected chi connectivity index (χ2v) is 5.33. The van der Waals surface area contributed by atoms with Gasteiger partial charge >= 0.3 is 0 Å². The molecule has 0 amide bonds. The van der Waals surface area contributed by atoms with Crippen LogP contribution in [0.15, 0.2) is 4.99 Å². The summed E-state index contributed by atoms with van der Waals surface area (Å²) in [5, 5.41) is 3.72. The maximum absolute atomic E-state index is 4.68. The van der Waals surface area contributed by atoms with Gasteiger partial charge in [-0.2, -0.15) is 0 Å². The van der Waals surface area contributed by atoms with Crippen LogP contribution in [0.4, 0.5) is 0 Å². The van der Waals surface area contributed by atoms with Gasteiger partial charge in [-0.25, -0.2) is 0 Å². The minimum Gasteiger partial charge on any atom is -0.371 e. The first-order valence-electron chi connectivity index (χ1n) is 7.25. The monoisotopic (exact) mass is 222 g/mol. The zero-order valence-electron chi connectivity index (χ0n) is 10.5. The van der Waals surface area contributed by atoms with Crippen LogP contribution in [0.5, 0.6) is 0 Å². The molecule has 2 aliphatic rings. The van der Waals surface area contributed by atoms with Gasteiger partial charge in [-0.3, -0.25) is 4.99 Å². The number of amidine groups is 1. The first-order valence-corrected chi connectivity index (χ1v) is 7.25. The third-order valence-electron chi connectivity index (χ3n) is 3.85. The molecular formula is C14H26N2. The van der Waals surface area contributed by atoms with E-state index in [4.69, 9.17) is 0 Å². The lowest BCUT2D eigenvalue weighted by molar-refractivity contribution is 0.426. The van der Waals surface area contributed by atoms with E-state index in [2.05, 4.69) is 10.3 Å². The second-order valence-electron chi connectivity index (χ2n) is 5.33. The van der Waals surface area contributed by atoms with Crippen LogP contribution in [0, 0.1) is 0 Å². The van der Waals surface area contributed by atoms with Crippen molar-refractivity contribution < 1.29 is 0 Å². The van der Waals surface area contributed by atoms with Crippen molar-refractivity contribution in [2.45, 2.75) is 76.7 Å². The Morgan fingerprint density at radius 2 is 1.50 bits per heavy atom. The van der Waals surface area contributed by atoms with Gasteiger partial charge in [-0.1, -0.05) is 38.5 Å². The van der Waals surface area contributed by atoms with Crippen LogP contribution in [-0.4, -0.2) is 18.4 Å². The minimum absolute atomic E-state index is 0.720. The maximum atomic E-state index is 4.68. The molecule has 0 aromatic carbocycles. The van der Waals surface area contributed by atoms with Crippen molar-refractivity contribution in [3.05, 3.63) is 0 Å². The second kappa shape index (κ2) is 6.93. The van der Waals surface area contributed by atoms with Crippen molar-refractivity contribution >= 4 is 5.84 Å². The summed E-state index contributed by atoms with van der Waals surface area (Å²) in [6.45, 7) is 1.05. The van der Waals surface area contributed by atoms with Gasteiger partial charge in [0.1, 0.15) is 0 Å². The van der Waals surface area contributed by atoms with Crippen molar-refractivity contribution in [1.29, 1.82) is 0 Å². The SMILES string of the molecule is C1CCCC(NC2=NCCCCC2)CCC1. The molecule has 1 fully saturated rings. The lowest BCUT2D eigenvalue weighted by Gasteiger charge is -2.22. The van der Waals surface area contributed by atoms with E-state index in [9.17, 15) is 0 Å². The summed E-state index contributed by atoms with van der Waals surface area (Å²) in [4.78, 5) is 4.68. The van der Waals surface area contributed by atoms with Gasteiger partial charge in [-0.15, -0.1) is 0 Å². The van der Waals surface area contributed by atoms with E-state index < -0.39 is 0 Å². The predicted octanol–water partition coefficient (Wildman–Crippen LogP) is 3.66. The van der Waals surface area contributed by atoms with E-state index in [1.54, 1.807) is 0 Å². The molecule has 1 saturated carbocycles. The Bertz CT molecular complexity index is 215. The van der Waals surface area contributed by atoms with E-state index in [-0.39, 0.29) is 0 Å². The van der Waals surface area contributed by atoms with E-state index in [1.165, 1.54) is 76.5 Å². The van der Waals surface area contributed by atoms with Crippen molar-refractivity contribution in [3.63, 3.8) is 0 Å². The summed E-state index contributed by atoms with van der Waals surface area (Å²) < 4.78 is 0. The summed E-state index contributed by atoms with van der Waals surface area (Å²) in [6.07, 6.45) is 15.0. The van der Waals surface area contributed by atoms with Crippen molar-refractivity contribution in [3.8, 4) is 0 Å². The van der Waals surface area contributed by atoms with Crippen LogP contribution in [0.1, 0.15) is 70.6 Å². The van der Waals surface area contributed by atoms with Crippen LogP contribution in [0.2, 0.25) is 0 Å². The minimum atomic E-state index is 0.720. The molecule has 0 radical (unpaired) electrons. The molecule has 0 spiro atoms. The molecule has 1 aliphatic heterocycles. The lowest BCUT2D eigenvalue weighted by atomic mass is 9.96. The topological polar surface area (TPSA) is 24.4 Å². The largest absolute Gasteiger partial charge is 0.371 e. The highest BCUT2D eigenvalue weighted by molar-refractivity contribution is 5.82. The molecule has 0 atom stereocenters. The number of rotatable bonds is 1. The number of nitrogens with zero attached hydrogens (tertiary/aromatic N) is 1. The number of hydrogen-bond donors (Lipinski definition) is 1. The Balaban J connectivity index is 1.79. The van der Waals surface area contributed by atoms with E-state index in [0.717, 1.165) is 12.6 Å². The summed E-state index contributed by atoms with van der Waals surface area (Å²) in [5.41, 5.74) is 0. The molecule has 16 heavy (non-hydrogen) atoms. The van der Waals surface area contributed by atoms with Gasteiger partial charge < -0.3 is 5.32 Å². The van der Waals surface area contributed by atoms with Gasteiger partial charge in [0.25, 0.3) is 0 Å². The summed E-state index contributed by atoms with van der Waals surface area (Å²) in [5.74, 6) is 1.31. The molecule has 0 aromatic heterocycles. The van der Waals surface area contributed by atoms with E-state index >= 15 is 0 Å². The van der Waals surface area contributed by atoms with Gasteiger partial charge in [0.05, 0.1) is 5.84 Å². The van der Waals surface area contributed by atoms with Gasteiger partial charge in [0.2, 0.25) is 0 Å². The normalized spacial score (nSPS) is 25.1. The fraction of sp³-hybridized carbons (Fsp3) is 0.929. The average Bonchev–Trinajstić information content (AvgIpc) is 2.50. The van der Waals surface area contributed by atoms with Gasteiger partial charge in [0, 0.05) is 19.0 Å². The lowest BCUT2D eigenvalue weighted by Crippen LogP contribution is -2.35. The molecule has 0 unspecified atom stereocenters. The summed E-state index contributed by atoms with van der Waals surface area (Å²) in [7, 11) is 0. The zero-order chi connectivity index (χ0) is 11.1. The molecule has 0 bridgehead atoms. The third kappa shape index (κ3) is 4.15.